The van der Waals surface area contributed by atoms with Crippen LogP contribution in [0.5, 0.6) is 0 Å². The van der Waals surface area contributed by atoms with Crippen LogP contribution in [0, 0.1) is 5.82 Å². The molecule has 0 aliphatic rings. The summed E-state index contributed by atoms with van der Waals surface area (Å²) in [5, 5.41) is 3.21. The Balaban J connectivity index is 3.00. The van der Waals surface area contributed by atoms with Crippen molar-refractivity contribution < 1.29 is 17.6 Å². The Morgan fingerprint density at radius 3 is 2.50 bits per heavy atom. The lowest BCUT2D eigenvalue weighted by molar-refractivity contribution is -0.140. The average molecular weight is 309 g/mol. The van der Waals surface area contributed by atoms with E-state index in [9.17, 15) is 17.6 Å². The minimum atomic E-state index is -4.66. The fourth-order valence-electron chi connectivity index (χ4n) is 1.80. The van der Waals surface area contributed by atoms with Crippen LogP contribution in [0.25, 0.3) is 0 Å². The first-order valence-corrected chi connectivity index (χ1v) is 7.73. The molecule has 1 atom stereocenters. The summed E-state index contributed by atoms with van der Waals surface area (Å²) in [7, 11) is 0. The van der Waals surface area contributed by atoms with Gasteiger partial charge in [-0.05, 0) is 36.4 Å². The molecule has 0 radical (unpaired) electrons. The van der Waals surface area contributed by atoms with Crippen LogP contribution in [-0.4, -0.2) is 18.1 Å². The van der Waals surface area contributed by atoms with Crippen molar-refractivity contribution in [3.63, 3.8) is 0 Å². The van der Waals surface area contributed by atoms with E-state index in [4.69, 9.17) is 0 Å². The molecule has 1 aromatic rings. The van der Waals surface area contributed by atoms with E-state index in [1.807, 2.05) is 13.8 Å². The molecule has 1 N–H and O–H groups in total. The second kappa shape index (κ2) is 7.88. The lowest BCUT2D eigenvalue weighted by atomic mass is 10.0. The fourth-order valence-corrected chi connectivity index (χ4v) is 2.59. The largest absolute Gasteiger partial charge is 0.419 e. The van der Waals surface area contributed by atoms with Gasteiger partial charge in [-0.1, -0.05) is 19.9 Å². The molecular formula is C14H19F4NS. The van der Waals surface area contributed by atoms with Crippen LogP contribution in [0.4, 0.5) is 17.6 Å². The van der Waals surface area contributed by atoms with Crippen molar-refractivity contribution in [2.24, 2.45) is 0 Å². The maximum absolute atomic E-state index is 13.3. The van der Waals surface area contributed by atoms with Crippen LogP contribution in [0.3, 0.4) is 0 Å². The quantitative estimate of drug-likeness (QED) is 0.737. The Labute approximate surface area is 121 Å². The fraction of sp³-hybridized carbons (Fsp3) is 0.571. The first-order valence-electron chi connectivity index (χ1n) is 6.57. The monoisotopic (exact) mass is 309 g/mol. The molecule has 0 heterocycles. The van der Waals surface area contributed by atoms with Gasteiger partial charge in [-0.3, -0.25) is 0 Å². The minimum Gasteiger partial charge on any atom is -0.309 e. The summed E-state index contributed by atoms with van der Waals surface area (Å²) in [4.78, 5) is 0. The Morgan fingerprint density at radius 1 is 1.25 bits per heavy atom. The zero-order valence-electron chi connectivity index (χ0n) is 11.6. The van der Waals surface area contributed by atoms with Gasteiger partial charge < -0.3 is 5.32 Å². The molecule has 114 valence electrons. The Hall–Kier alpha value is -0.750. The Kier molecular flexibility index (Phi) is 6.82. The predicted molar refractivity (Wildman–Crippen MR) is 75.4 cm³/mol. The molecule has 20 heavy (non-hydrogen) atoms. The maximum atomic E-state index is 13.3. The van der Waals surface area contributed by atoms with Crippen molar-refractivity contribution in [3.05, 3.63) is 35.1 Å². The van der Waals surface area contributed by atoms with Gasteiger partial charge in [0.1, 0.15) is 5.82 Å². The molecule has 0 aromatic heterocycles. The highest BCUT2D eigenvalue weighted by Gasteiger charge is 2.34. The zero-order chi connectivity index (χ0) is 15.2. The number of thioether (sulfide) groups is 1. The topological polar surface area (TPSA) is 12.0 Å². The van der Waals surface area contributed by atoms with E-state index in [1.165, 1.54) is 6.07 Å². The van der Waals surface area contributed by atoms with Crippen LogP contribution < -0.4 is 5.32 Å². The van der Waals surface area contributed by atoms with E-state index in [2.05, 4.69) is 5.32 Å². The number of hydrogen-bond acceptors (Lipinski definition) is 2. The van der Waals surface area contributed by atoms with Crippen molar-refractivity contribution in [2.75, 3.05) is 18.1 Å². The van der Waals surface area contributed by atoms with Gasteiger partial charge in [-0.15, -0.1) is 0 Å². The molecule has 1 unspecified atom stereocenters. The molecule has 0 aliphatic heterocycles. The summed E-state index contributed by atoms with van der Waals surface area (Å²) >= 11 is 1.64. The van der Waals surface area contributed by atoms with E-state index in [0.29, 0.717) is 17.9 Å². The standard InChI is InChI=1S/C14H19F4NS/c1-3-7-19-13(9-20-4-2)10-5-6-12(15)11(8-10)14(16,17)18/h5-6,8,13,19H,3-4,7,9H2,1-2H3. The van der Waals surface area contributed by atoms with Crippen LogP contribution in [0.1, 0.15) is 37.4 Å². The zero-order valence-corrected chi connectivity index (χ0v) is 12.4. The third-order valence-electron chi connectivity index (χ3n) is 2.83. The number of nitrogens with one attached hydrogen (secondary N) is 1. The number of hydrogen-bond donors (Lipinski definition) is 1. The molecule has 1 aromatic carbocycles. The van der Waals surface area contributed by atoms with Crippen LogP contribution >= 0.6 is 11.8 Å². The molecule has 0 amide bonds. The van der Waals surface area contributed by atoms with Crippen molar-refractivity contribution in [2.45, 2.75) is 32.5 Å². The number of alkyl halides is 3. The van der Waals surface area contributed by atoms with Gasteiger partial charge >= 0.3 is 6.18 Å². The first kappa shape index (κ1) is 17.3. The van der Waals surface area contributed by atoms with E-state index >= 15 is 0 Å². The number of halogens is 4. The lowest BCUT2D eigenvalue weighted by Gasteiger charge is -2.20. The predicted octanol–water partition coefficient (Wildman–Crippen LogP) is 4.64. The highest BCUT2D eigenvalue weighted by atomic mass is 32.2. The van der Waals surface area contributed by atoms with Gasteiger partial charge in [0.25, 0.3) is 0 Å². The molecule has 0 saturated carbocycles. The van der Waals surface area contributed by atoms with Crippen LogP contribution in [0.2, 0.25) is 0 Å². The number of rotatable bonds is 7. The normalized spacial score (nSPS) is 13.5. The lowest BCUT2D eigenvalue weighted by Crippen LogP contribution is -2.25. The Morgan fingerprint density at radius 2 is 1.95 bits per heavy atom. The third-order valence-corrected chi connectivity index (χ3v) is 3.80. The van der Waals surface area contributed by atoms with Gasteiger partial charge in [-0.2, -0.15) is 24.9 Å². The second-order valence-electron chi connectivity index (χ2n) is 4.40. The third kappa shape index (κ3) is 4.98. The van der Waals surface area contributed by atoms with E-state index in [1.54, 1.807) is 11.8 Å². The summed E-state index contributed by atoms with van der Waals surface area (Å²) in [6, 6.07) is 3.05. The summed E-state index contributed by atoms with van der Waals surface area (Å²) in [5.74, 6) is 0.329. The molecule has 1 nitrogen and oxygen atoms in total. The molecule has 0 fully saturated rings. The van der Waals surface area contributed by atoms with Gasteiger partial charge in [0.15, 0.2) is 0 Å². The molecular weight excluding hydrogens is 290 g/mol. The number of benzene rings is 1. The van der Waals surface area contributed by atoms with E-state index in [-0.39, 0.29) is 6.04 Å². The summed E-state index contributed by atoms with van der Waals surface area (Å²) < 4.78 is 51.5. The van der Waals surface area contributed by atoms with E-state index < -0.39 is 17.6 Å². The summed E-state index contributed by atoms with van der Waals surface area (Å²) in [6.07, 6.45) is -3.77. The molecule has 0 saturated heterocycles. The molecule has 0 bridgehead atoms. The van der Waals surface area contributed by atoms with Crippen molar-refractivity contribution >= 4 is 11.8 Å². The van der Waals surface area contributed by atoms with Gasteiger partial charge in [0.05, 0.1) is 5.56 Å². The second-order valence-corrected chi connectivity index (χ2v) is 5.72. The van der Waals surface area contributed by atoms with Crippen molar-refractivity contribution in [3.8, 4) is 0 Å². The SMILES string of the molecule is CCCNC(CSCC)c1ccc(F)c(C(F)(F)F)c1. The molecule has 0 spiro atoms. The van der Waals surface area contributed by atoms with Gasteiger partial charge in [-0.25, -0.2) is 4.39 Å². The van der Waals surface area contributed by atoms with Gasteiger partial charge in [0.2, 0.25) is 0 Å². The average Bonchev–Trinajstić information content (AvgIpc) is 2.38. The van der Waals surface area contributed by atoms with Gasteiger partial charge in [0, 0.05) is 11.8 Å². The Bertz CT molecular complexity index is 412. The van der Waals surface area contributed by atoms with Crippen LogP contribution in [-0.2, 0) is 6.18 Å². The summed E-state index contributed by atoms with van der Waals surface area (Å²) in [5.41, 5.74) is -0.715. The van der Waals surface area contributed by atoms with Crippen molar-refractivity contribution in [1.82, 2.24) is 5.32 Å². The maximum Gasteiger partial charge on any atom is 0.419 e. The molecule has 6 heteroatoms. The smallest absolute Gasteiger partial charge is 0.309 e. The van der Waals surface area contributed by atoms with Crippen molar-refractivity contribution in [1.29, 1.82) is 0 Å². The molecule has 1 rings (SSSR count). The minimum absolute atomic E-state index is 0.193. The highest BCUT2D eigenvalue weighted by Crippen LogP contribution is 2.33. The summed E-state index contributed by atoms with van der Waals surface area (Å²) in [6.45, 7) is 4.70. The molecule has 0 aliphatic carbocycles. The highest BCUT2D eigenvalue weighted by molar-refractivity contribution is 7.99. The first-order chi connectivity index (χ1) is 9.40. The van der Waals surface area contributed by atoms with Crippen LogP contribution in [0.15, 0.2) is 18.2 Å². The van der Waals surface area contributed by atoms with E-state index in [0.717, 1.165) is 24.3 Å².